The summed E-state index contributed by atoms with van der Waals surface area (Å²) in [5, 5.41) is 12.3. The largest absolute Gasteiger partial charge is 0.503 e. The molecule has 0 spiro atoms. The number of rotatable bonds is 9. The monoisotopic (exact) mass is 618 g/mol. The first-order valence-electron chi connectivity index (χ1n) is 14.0. The summed E-state index contributed by atoms with van der Waals surface area (Å²) in [5.41, 5.74) is 2.43. The lowest BCUT2D eigenvalue weighted by atomic mass is 9.95. The summed E-state index contributed by atoms with van der Waals surface area (Å²) in [6, 6.07) is 28.1. The summed E-state index contributed by atoms with van der Waals surface area (Å²) in [7, 11) is 3.08. The lowest BCUT2D eigenvalue weighted by molar-refractivity contribution is -0.117. The maximum atomic E-state index is 14.2. The van der Waals surface area contributed by atoms with Crippen LogP contribution in [0, 0.1) is 0 Å². The molecule has 45 heavy (non-hydrogen) atoms. The number of ether oxygens (including phenoxy) is 3. The molecule has 9 nitrogen and oxygen atoms in total. The predicted octanol–water partition coefficient (Wildman–Crippen LogP) is 7.42. The van der Waals surface area contributed by atoms with E-state index >= 15 is 0 Å². The fourth-order valence-corrected chi connectivity index (χ4v) is 6.45. The maximum Gasteiger partial charge on any atom is 0.296 e. The summed E-state index contributed by atoms with van der Waals surface area (Å²) < 4.78 is 23.6. The third kappa shape index (κ3) is 5.04. The van der Waals surface area contributed by atoms with Gasteiger partial charge in [-0.3, -0.25) is 14.5 Å². The molecule has 0 fully saturated rings. The Morgan fingerprint density at radius 1 is 0.933 bits per heavy atom. The molecule has 1 aliphatic rings. The van der Waals surface area contributed by atoms with Crippen molar-refractivity contribution in [3.8, 4) is 17.2 Å². The van der Waals surface area contributed by atoms with E-state index in [1.165, 1.54) is 23.3 Å². The van der Waals surface area contributed by atoms with E-state index in [0.717, 1.165) is 10.3 Å². The van der Waals surface area contributed by atoms with E-state index in [9.17, 15) is 14.7 Å². The minimum Gasteiger partial charge on any atom is -0.503 e. The van der Waals surface area contributed by atoms with Crippen molar-refractivity contribution >= 4 is 49.3 Å². The third-order valence-electron chi connectivity index (χ3n) is 7.62. The third-order valence-corrected chi connectivity index (χ3v) is 8.63. The second-order valence-corrected chi connectivity index (χ2v) is 11.3. The maximum absolute atomic E-state index is 14.2. The van der Waals surface area contributed by atoms with Gasteiger partial charge < -0.3 is 23.7 Å². The van der Waals surface area contributed by atoms with Gasteiger partial charge in [0.05, 0.1) is 36.1 Å². The average molecular weight is 619 g/mol. The highest BCUT2D eigenvalue weighted by Gasteiger charge is 2.46. The van der Waals surface area contributed by atoms with Crippen LogP contribution in [0.3, 0.4) is 0 Å². The zero-order chi connectivity index (χ0) is 31.1. The van der Waals surface area contributed by atoms with Crippen molar-refractivity contribution in [1.82, 2.24) is 4.98 Å². The summed E-state index contributed by atoms with van der Waals surface area (Å²) in [6.07, 6.45) is 0. The first-order valence-corrected chi connectivity index (χ1v) is 14.9. The Balaban J connectivity index is 1.33. The number of aliphatic hydroxyl groups is 1. The SMILES string of the molecule is COc1ccc2nc(N3C(=O)C(O)=C(C(=O)c4cc5cccc(OC)c5o4)C3c3cccc(OCc4ccccc4)c3)sc2c1. The molecule has 224 valence electrons. The van der Waals surface area contributed by atoms with Gasteiger partial charge in [-0.25, -0.2) is 4.98 Å². The lowest BCUT2D eigenvalue weighted by Gasteiger charge is -2.24. The molecule has 0 saturated carbocycles. The highest BCUT2D eigenvalue weighted by molar-refractivity contribution is 7.22. The Kier molecular flexibility index (Phi) is 7.19. The van der Waals surface area contributed by atoms with Crippen molar-refractivity contribution in [1.29, 1.82) is 0 Å². The van der Waals surface area contributed by atoms with Gasteiger partial charge in [0.15, 0.2) is 28.0 Å². The van der Waals surface area contributed by atoms with Crippen LogP contribution in [0.2, 0.25) is 0 Å². The van der Waals surface area contributed by atoms with Crippen molar-refractivity contribution in [3.05, 3.63) is 125 Å². The molecular weight excluding hydrogens is 592 g/mol. The molecule has 1 amide bonds. The number of hydrogen-bond acceptors (Lipinski definition) is 9. The van der Waals surface area contributed by atoms with Gasteiger partial charge in [0.25, 0.3) is 5.91 Å². The molecule has 2 aromatic heterocycles. The van der Waals surface area contributed by atoms with Gasteiger partial charge in [-0.2, -0.15) is 0 Å². The number of thiazole rings is 1. The number of anilines is 1. The summed E-state index contributed by atoms with van der Waals surface area (Å²) in [6.45, 7) is 0.324. The zero-order valence-corrected chi connectivity index (χ0v) is 25.0. The van der Waals surface area contributed by atoms with Crippen molar-refractivity contribution in [2.24, 2.45) is 0 Å². The van der Waals surface area contributed by atoms with Gasteiger partial charge in [0.2, 0.25) is 5.78 Å². The molecule has 6 aromatic rings. The summed E-state index contributed by atoms with van der Waals surface area (Å²) in [4.78, 5) is 34.1. The highest BCUT2D eigenvalue weighted by atomic mass is 32.1. The Hall–Kier alpha value is -5.61. The molecule has 7 rings (SSSR count). The fourth-order valence-electron chi connectivity index (χ4n) is 5.43. The number of carbonyl (C=O) groups excluding carboxylic acids is 2. The number of fused-ring (bicyclic) bond motifs is 2. The van der Waals surface area contributed by atoms with Crippen LogP contribution >= 0.6 is 11.3 Å². The normalized spacial score (nSPS) is 14.8. The molecule has 0 bridgehead atoms. The summed E-state index contributed by atoms with van der Waals surface area (Å²) in [5.74, 6) is -0.472. The van der Waals surface area contributed by atoms with Gasteiger partial charge in [-0.15, -0.1) is 0 Å². The van der Waals surface area contributed by atoms with Crippen LogP contribution in [0.1, 0.15) is 27.7 Å². The number of benzene rings is 4. The average Bonchev–Trinajstić information content (AvgIpc) is 3.77. The van der Waals surface area contributed by atoms with Gasteiger partial charge in [0, 0.05) is 5.39 Å². The van der Waals surface area contributed by atoms with E-state index in [-0.39, 0.29) is 11.3 Å². The van der Waals surface area contributed by atoms with Gasteiger partial charge in [-0.1, -0.05) is 65.9 Å². The number of aromatic nitrogens is 1. The minimum absolute atomic E-state index is 0.0405. The Morgan fingerprint density at radius 2 is 1.76 bits per heavy atom. The number of methoxy groups -OCH3 is 2. The molecule has 0 saturated heterocycles. The van der Waals surface area contributed by atoms with E-state index in [2.05, 4.69) is 0 Å². The number of aliphatic hydroxyl groups excluding tert-OH is 1. The lowest BCUT2D eigenvalue weighted by Crippen LogP contribution is -2.31. The van der Waals surface area contributed by atoms with Crippen LogP contribution < -0.4 is 19.1 Å². The van der Waals surface area contributed by atoms with Gasteiger partial charge in [0.1, 0.15) is 18.1 Å². The van der Waals surface area contributed by atoms with Crippen LogP contribution in [0.5, 0.6) is 17.2 Å². The Labute approximate surface area is 261 Å². The van der Waals surface area contributed by atoms with E-state index < -0.39 is 23.5 Å². The molecule has 0 radical (unpaired) electrons. The standard InChI is InChI=1S/C35H26N2O7S/c1-41-23-14-15-25-28(18-23)45-35(36-25)37-30(21-10-6-12-24(16-21)43-19-20-8-4-3-5-9-20)29(32(39)34(37)40)31(38)27-17-22-11-7-13-26(42-2)33(22)44-27/h3-18,30,39H,19H2,1-2H3. The molecule has 1 aliphatic heterocycles. The van der Waals surface area contributed by atoms with E-state index in [4.69, 9.17) is 23.6 Å². The van der Waals surface area contributed by atoms with E-state index in [1.54, 1.807) is 67.8 Å². The smallest absolute Gasteiger partial charge is 0.296 e. The second-order valence-electron chi connectivity index (χ2n) is 10.3. The Bertz CT molecular complexity index is 2120. The molecular formula is C35H26N2O7S. The fraction of sp³-hybridized carbons (Fsp3) is 0.114. The van der Waals surface area contributed by atoms with Crippen molar-refractivity contribution in [2.75, 3.05) is 19.1 Å². The number of furan rings is 1. The van der Waals surface area contributed by atoms with Crippen molar-refractivity contribution < 1.29 is 33.3 Å². The van der Waals surface area contributed by atoms with Gasteiger partial charge in [-0.05, 0) is 53.6 Å². The first-order chi connectivity index (χ1) is 21.9. The highest BCUT2D eigenvalue weighted by Crippen LogP contribution is 2.45. The van der Waals surface area contributed by atoms with Crippen LogP contribution in [0.25, 0.3) is 21.2 Å². The molecule has 3 heterocycles. The number of para-hydroxylation sites is 1. The number of amides is 1. The Morgan fingerprint density at radius 3 is 2.56 bits per heavy atom. The summed E-state index contributed by atoms with van der Waals surface area (Å²) >= 11 is 1.25. The van der Waals surface area contributed by atoms with Crippen LogP contribution in [0.4, 0.5) is 5.13 Å². The topological polar surface area (TPSA) is 111 Å². The van der Waals surface area contributed by atoms with Gasteiger partial charge >= 0.3 is 0 Å². The predicted molar refractivity (Wildman–Crippen MR) is 170 cm³/mol. The minimum atomic E-state index is -1.03. The number of nitrogens with zero attached hydrogens (tertiary/aromatic N) is 2. The number of hydrogen-bond donors (Lipinski definition) is 1. The first kappa shape index (κ1) is 28.2. The molecule has 0 aliphatic carbocycles. The van der Waals surface area contributed by atoms with Crippen molar-refractivity contribution in [3.63, 3.8) is 0 Å². The zero-order valence-electron chi connectivity index (χ0n) is 24.2. The molecule has 1 N–H and O–H groups in total. The molecule has 1 atom stereocenters. The molecule has 1 unspecified atom stereocenters. The van der Waals surface area contributed by atoms with E-state index in [0.29, 0.717) is 51.0 Å². The van der Waals surface area contributed by atoms with Crippen LogP contribution in [0.15, 0.2) is 113 Å². The number of Topliss-reactive ketones (excluding diaryl/α,β-unsaturated/α-hetero) is 1. The van der Waals surface area contributed by atoms with E-state index in [1.807, 2.05) is 36.4 Å². The second kappa shape index (κ2) is 11.5. The molecule has 4 aromatic carbocycles. The van der Waals surface area contributed by atoms with Crippen molar-refractivity contribution in [2.45, 2.75) is 12.6 Å². The number of carbonyl (C=O) groups is 2. The quantitative estimate of drug-likeness (QED) is 0.167. The number of ketones is 1. The van der Waals surface area contributed by atoms with Crippen LogP contribution in [-0.2, 0) is 11.4 Å². The van der Waals surface area contributed by atoms with Crippen LogP contribution in [-0.4, -0.2) is 36.0 Å². The molecule has 10 heteroatoms.